The van der Waals surface area contributed by atoms with Crippen LogP contribution in [0.25, 0.3) is 0 Å². The summed E-state index contributed by atoms with van der Waals surface area (Å²) in [5, 5.41) is 4.16. The maximum absolute atomic E-state index is 12.2. The number of nitrogens with one attached hydrogen (secondary N) is 1. The Balaban J connectivity index is 1.66. The first-order valence-electron chi connectivity index (χ1n) is 7.25. The Kier molecular flexibility index (Phi) is 4.08. The minimum Gasteiger partial charge on any atom is -0.367 e. The number of aromatic nitrogens is 2. The molecule has 1 aromatic heterocycles. The van der Waals surface area contributed by atoms with Crippen LogP contribution in [0.4, 0.5) is 0 Å². The molecule has 1 aromatic carbocycles. The molecule has 0 spiro atoms. The summed E-state index contributed by atoms with van der Waals surface area (Å²) in [6, 6.07) is 8.06. The number of nitrogens with zero attached hydrogens (tertiary/aromatic N) is 2. The molecular weight excluding hydrogens is 318 g/mol. The summed E-state index contributed by atoms with van der Waals surface area (Å²) in [5.74, 6) is -0.801. The summed E-state index contributed by atoms with van der Waals surface area (Å²) in [4.78, 5) is 12.2. The van der Waals surface area contributed by atoms with Crippen molar-refractivity contribution in [3.8, 4) is 5.75 Å². The number of aryl methyl sites for hydroxylation is 2. The third kappa shape index (κ3) is 3.53. The van der Waals surface area contributed by atoms with Crippen molar-refractivity contribution in [2.75, 3.05) is 0 Å². The molecule has 1 amide bonds. The van der Waals surface area contributed by atoms with E-state index in [1.165, 1.54) is 12.1 Å². The zero-order valence-electron chi connectivity index (χ0n) is 12.6. The van der Waals surface area contributed by atoms with Crippen LogP contribution in [0, 0.1) is 5.92 Å². The molecule has 7 nitrogen and oxygen atoms in total. The van der Waals surface area contributed by atoms with Crippen LogP contribution in [-0.4, -0.2) is 24.1 Å². The number of rotatable bonds is 4. The Morgan fingerprint density at radius 3 is 2.83 bits per heavy atom. The van der Waals surface area contributed by atoms with E-state index in [4.69, 9.17) is 4.18 Å². The number of benzene rings is 1. The van der Waals surface area contributed by atoms with E-state index in [0.717, 1.165) is 11.3 Å². The van der Waals surface area contributed by atoms with Crippen LogP contribution in [0.15, 0.2) is 36.5 Å². The summed E-state index contributed by atoms with van der Waals surface area (Å²) in [7, 11) is -2.37. The van der Waals surface area contributed by atoms with Gasteiger partial charge in [0.05, 0.1) is 6.20 Å². The molecule has 1 heterocycles. The number of para-hydroxylation sites is 1. The van der Waals surface area contributed by atoms with Gasteiger partial charge in [-0.15, -0.1) is 0 Å². The van der Waals surface area contributed by atoms with Gasteiger partial charge in [-0.25, -0.2) is 4.72 Å². The maximum atomic E-state index is 12.2. The molecule has 3 rings (SSSR count). The Bertz CT molecular complexity index is 815. The molecule has 0 bridgehead atoms. The molecule has 1 aliphatic rings. The normalized spacial score (nSPS) is 17.3. The fraction of sp³-hybridized carbons (Fsp3) is 0.333. The average molecular weight is 335 g/mol. The van der Waals surface area contributed by atoms with Crippen molar-refractivity contribution >= 4 is 16.2 Å². The van der Waals surface area contributed by atoms with Crippen molar-refractivity contribution in [2.45, 2.75) is 19.3 Å². The molecule has 1 unspecified atom stereocenters. The summed E-state index contributed by atoms with van der Waals surface area (Å²) < 4.78 is 32.5. The van der Waals surface area contributed by atoms with Gasteiger partial charge in [-0.3, -0.25) is 9.48 Å². The number of hydrogen-bond acceptors (Lipinski definition) is 5. The van der Waals surface area contributed by atoms with E-state index < -0.39 is 22.1 Å². The average Bonchev–Trinajstić information content (AvgIpc) is 2.88. The lowest BCUT2D eigenvalue weighted by molar-refractivity contribution is -0.123. The number of carbonyl (C=O) groups is 1. The highest BCUT2D eigenvalue weighted by molar-refractivity contribution is 7.85. The van der Waals surface area contributed by atoms with E-state index in [1.807, 2.05) is 11.8 Å². The van der Waals surface area contributed by atoms with E-state index in [2.05, 4.69) is 5.10 Å². The summed E-state index contributed by atoms with van der Waals surface area (Å²) in [6.45, 7) is 0. The van der Waals surface area contributed by atoms with Crippen LogP contribution in [0.1, 0.15) is 17.7 Å². The first kappa shape index (κ1) is 15.5. The van der Waals surface area contributed by atoms with Crippen molar-refractivity contribution in [2.24, 2.45) is 13.0 Å². The van der Waals surface area contributed by atoms with Gasteiger partial charge in [-0.2, -0.15) is 13.5 Å². The number of amides is 1. The monoisotopic (exact) mass is 335 g/mol. The van der Waals surface area contributed by atoms with Crippen LogP contribution < -0.4 is 8.91 Å². The number of fused-ring (bicyclic) bond motifs is 1. The van der Waals surface area contributed by atoms with Crippen molar-refractivity contribution in [1.82, 2.24) is 14.5 Å². The molecule has 0 radical (unpaired) electrons. The van der Waals surface area contributed by atoms with Crippen LogP contribution >= 0.6 is 0 Å². The van der Waals surface area contributed by atoms with E-state index in [-0.39, 0.29) is 5.75 Å². The Hall–Kier alpha value is -2.35. The lowest BCUT2D eigenvalue weighted by Crippen LogP contribution is -2.40. The highest BCUT2D eigenvalue weighted by Gasteiger charge is 2.30. The van der Waals surface area contributed by atoms with Gasteiger partial charge in [0.1, 0.15) is 5.75 Å². The van der Waals surface area contributed by atoms with Gasteiger partial charge >= 0.3 is 10.3 Å². The second-order valence-electron chi connectivity index (χ2n) is 5.50. The fourth-order valence-corrected chi connectivity index (χ4v) is 3.52. The Labute approximate surface area is 134 Å². The smallest absolute Gasteiger partial charge is 0.367 e. The van der Waals surface area contributed by atoms with E-state index >= 15 is 0 Å². The lowest BCUT2D eigenvalue weighted by Gasteiger charge is -2.21. The largest absolute Gasteiger partial charge is 0.409 e. The standard InChI is InChI=1S/C15H17N3O4S/c1-18-14-9-11(7-8-12(14)10-16-18)15(19)17-23(20,21)22-13-5-3-2-4-6-13/h2-6,10-11H,7-9H2,1H3,(H,17,19). The molecule has 23 heavy (non-hydrogen) atoms. The van der Waals surface area contributed by atoms with Crippen molar-refractivity contribution in [1.29, 1.82) is 0 Å². The molecule has 0 saturated carbocycles. The van der Waals surface area contributed by atoms with Crippen LogP contribution in [0.5, 0.6) is 5.75 Å². The first-order chi connectivity index (χ1) is 10.9. The van der Waals surface area contributed by atoms with Crippen molar-refractivity contribution < 1.29 is 17.4 Å². The van der Waals surface area contributed by atoms with Crippen molar-refractivity contribution in [3.05, 3.63) is 47.8 Å². The topological polar surface area (TPSA) is 90.3 Å². The molecule has 122 valence electrons. The number of carbonyl (C=O) groups excluding carboxylic acids is 1. The fourth-order valence-electron chi connectivity index (χ4n) is 2.70. The molecule has 1 N–H and O–H groups in total. The summed E-state index contributed by atoms with van der Waals surface area (Å²) >= 11 is 0. The highest BCUT2D eigenvalue weighted by atomic mass is 32.2. The van der Waals surface area contributed by atoms with Crippen LogP contribution in [-0.2, 0) is 35.0 Å². The van der Waals surface area contributed by atoms with Crippen LogP contribution in [0.2, 0.25) is 0 Å². The molecule has 8 heteroatoms. The van der Waals surface area contributed by atoms with Gasteiger partial charge < -0.3 is 4.18 Å². The molecule has 0 saturated heterocycles. The number of hydrogen-bond donors (Lipinski definition) is 1. The zero-order chi connectivity index (χ0) is 16.4. The third-order valence-electron chi connectivity index (χ3n) is 3.90. The Morgan fingerprint density at radius 1 is 1.35 bits per heavy atom. The quantitative estimate of drug-likeness (QED) is 0.899. The van der Waals surface area contributed by atoms with Gasteiger partial charge in [0.2, 0.25) is 5.91 Å². The predicted octanol–water partition coefficient (Wildman–Crippen LogP) is 0.965. The molecule has 0 aliphatic heterocycles. The first-order valence-corrected chi connectivity index (χ1v) is 8.66. The maximum Gasteiger partial charge on any atom is 0.409 e. The zero-order valence-corrected chi connectivity index (χ0v) is 13.4. The van der Waals surface area contributed by atoms with Gasteiger partial charge in [0.25, 0.3) is 0 Å². The van der Waals surface area contributed by atoms with Gasteiger partial charge in [0, 0.05) is 25.1 Å². The van der Waals surface area contributed by atoms with Gasteiger partial charge in [0.15, 0.2) is 0 Å². The lowest BCUT2D eigenvalue weighted by atomic mass is 9.87. The highest BCUT2D eigenvalue weighted by Crippen LogP contribution is 2.25. The second-order valence-corrected chi connectivity index (χ2v) is 6.78. The summed E-state index contributed by atoms with van der Waals surface area (Å²) in [6.07, 6.45) is 3.56. The second kappa shape index (κ2) is 6.04. The van der Waals surface area contributed by atoms with E-state index in [1.54, 1.807) is 29.1 Å². The minimum atomic E-state index is -4.18. The molecule has 1 atom stereocenters. The van der Waals surface area contributed by atoms with E-state index in [9.17, 15) is 13.2 Å². The SMILES string of the molecule is Cn1ncc2c1CC(C(=O)NS(=O)(=O)Oc1ccccc1)CC2. The molecular formula is C15H17N3O4S. The Morgan fingerprint density at radius 2 is 2.09 bits per heavy atom. The minimum absolute atomic E-state index is 0.158. The predicted molar refractivity (Wildman–Crippen MR) is 82.9 cm³/mol. The third-order valence-corrected chi connectivity index (χ3v) is 4.76. The molecule has 0 fully saturated rings. The molecule has 1 aliphatic carbocycles. The van der Waals surface area contributed by atoms with Gasteiger partial charge in [-0.1, -0.05) is 18.2 Å². The van der Waals surface area contributed by atoms with Crippen molar-refractivity contribution in [3.63, 3.8) is 0 Å². The van der Waals surface area contributed by atoms with Gasteiger partial charge in [-0.05, 0) is 30.5 Å². The van der Waals surface area contributed by atoms with Crippen LogP contribution in [0.3, 0.4) is 0 Å². The molecule has 2 aromatic rings. The van der Waals surface area contributed by atoms with E-state index in [0.29, 0.717) is 19.3 Å². The summed E-state index contributed by atoms with van der Waals surface area (Å²) in [5.41, 5.74) is 2.08.